The van der Waals surface area contributed by atoms with Crippen LogP contribution in [-0.4, -0.2) is 13.1 Å². The molecule has 1 aliphatic rings. The van der Waals surface area contributed by atoms with Gasteiger partial charge in [-0.15, -0.1) is 0 Å². The van der Waals surface area contributed by atoms with Gasteiger partial charge in [0, 0.05) is 11.5 Å². The number of esters is 1. The van der Waals surface area contributed by atoms with Crippen molar-refractivity contribution in [3.05, 3.63) is 36.5 Å². The lowest BCUT2D eigenvalue weighted by Gasteiger charge is -2.21. The molecule has 1 aliphatic carbocycles. The van der Waals surface area contributed by atoms with Crippen molar-refractivity contribution < 1.29 is 9.53 Å². The summed E-state index contributed by atoms with van der Waals surface area (Å²) in [4.78, 5) is 10.8. The highest BCUT2D eigenvalue weighted by atomic mass is 16.5. The Hall–Kier alpha value is -1.31. The van der Waals surface area contributed by atoms with E-state index in [1.165, 1.54) is 13.2 Å². The molecule has 0 fully saturated rings. The quantitative estimate of drug-likeness (QED) is 0.479. The monoisotopic (exact) mass is 178 g/mol. The Morgan fingerprint density at radius 1 is 1.54 bits per heavy atom. The van der Waals surface area contributed by atoms with Crippen LogP contribution >= 0.6 is 0 Å². The van der Waals surface area contributed by atoms with Crippen molar-refractivity contribution in [2.45, 2.75) is 13.3 Å². The van der Waals surface area contributed by atoms with E-state index in [0.717, 1.165) is 6.42 Å². The molecule has 0 aromatic heterocycles. The third-order valence-corrected chi connectivity index (χ3v) is 2.08. The molecule has 2 nitrogen and oxygen atoms in total. The van der Waals surface area contributed by atoms with Gasteiger partial charge in [-0.25, -0.2) is 4.79 Å². The summed E-state index contributed by atoms with van der Waals surface area (Å²) in [5, 5.41) is 0. The molecule has 0 bridgehead atoms. The predicted molar refractivity (Wildman–Crippen MR) is 52.2 cm³/mol. The average Bonchev–Trinajstić information content (AvgIpc) is 2.15. The number of ether oxygens (including phenoxy) is 1. The Labute approximate surface area is 78.6 Å². The summed E-state index contributed by atoms with van der Waals surface area (Å²) in [7, 11) is 1.38. The van der Waals surface area contributed by atoms with Gasteiger partial charge >= 0.3 is 5.97 Å². The van der Waals surface area contributed by atoms with Gasteiger partial charge in [0.2, 0.25) is 0 Å². The first-order valence-electron chi connectivity index (χ1n) is 4.28. The highest BCUT2D eigenvalue weighted by Gasteiger charge is 2.16. The predicted octanol–water partition coefficient (Wildman–Crippen LogP) is 2.24. The van der Waals surface area contributed by atoms with Crippen molar-refractivity contribution in [3.63, 3.8) is 0 Å². The summed E-state index contributed by atoms with van der Waals surface area (Å²) in [6.07, 6.45) is 12.4. The number of rotatable bonds is 2. The molecule has 0 N–H and O–H groups in total. The molecular formula is C11H14O2. The number of hydrogen-bond donors (Lipinski definition) is 0. The highest BCUT2D eigenvalue weighted by molar-refractivity contribution is 5.81. The van der Waals surface area contributed by atoms with Crippen molar-refractivity contribution in [2.75, 3.05) is 7.11 Å². The first-order valence-corrected chi connectivity index (χ1v) is 4.28. The third kappa shape index (κ3) is 2.90. The van der Waals surface area contributed by atoms with Gasteiger partial charge in [-0.2, -0.15) is 0 Å². The maximum atomic E-state index is 10.8. The molecule has 0 aromatic rings. The summed E-state index contributed by atoms with van der Waals surface area (Å²) in [5.41, 5.74) is -0.0387. The zero-order valence-electron chi connectivity index (χ0n) is 7.99. The van der Waals surface area contributed by atoms with Crippen LogP contribution in [0.4, 0.5) is 0 Å². The fraction of sp³-hybridized carbons (Fsp3) is 0.364. The van der Waals surface area contributed by atoms with E-state index >= 15 is 0 Å². The summed E-state index contributed by atoms with van der Waals surface area (Å²) in [6.45, 7) is 2.08. The average molecular weight is 178 g/mol. The molecule has 0 aromatic carbocycles. The maximum absolute atomic E-state index is 10.8. The molecular weight excluding hydrogens is 164 g/mol. The Bertz CT molecular complexity index is 274. The fourth-order valence-corrected chi connectivity index (χ4v) is 1.19. The minimum absolute atomic E-state index is 0.0387. The van der Waals surface area contributed by atoms with Gasteiger partial charge in [-0.3, -0.25) is 0 Å². The first kappa shape index (κ1) is 9.78. The van der Waals surface area contributed by atoms with E-state index in [1.807, 2.05) is 18.2 Å². The van der Waals surface area contributed by atoms with Gasteiger partial charge in [0.15, 0.2) is 0 Å². The molecule has 0 amide bonds. The van der Waals surface area contributed by atoms with Crippen LogP contribution in [-0.2, 0) is 9.53 Å². The minimum atomic E-state index is -0.302. The van der Waals surface area contributed by atoms with E-state index in [4.69, 9.17) is 0 Å². The van der Waals surface area contributed by atoms with Crippen LogP contribution in [0, 0.1) is 5.41 Å². The lowest BCUT2D eigenvalue weighted by atomic mass is 9.83. The van der Waals surface area contributed by atoms with E-state index in [1.54, 1.807) is 0 Å². The van der Waals surface area contributed by atoms with Gasteiger partial charge in [-0.1, -0.05) is 37.3 Å². The number of methoxy groups -OCH3 is 1. The Balaban J connectivity index is 2.62. The number of carbonyl (C=O) groups is 1. The van der Waals surface area contributed by atoms with Gasteiger partial charge < -0.3 is 4.74 Å². The topological polar surface area (TPSA) is 26.3 Å². The fourth-order valence-electron chi connectivity index (χ4n) is 1.19. The molecule has 70 valence electrons. The van der Waals surface area contributed by atoms with E-state index in [-0.39, 0.29) is 11.4 Å². The van der Waals surface area contributed by atoms with Gasteiger partial charge in [0.25, 0.3) is 0 Å². The van der Waals surface area contributed by atoms with Crippen LogP contribution in [0.25, 0.3) is 0 Å². The molecule has 0 aliphatic heterocycles. The van der Waals surface area contributed by atoms with Crippen molar-refractivity contribution in [3.8, 4) is 0 Å². The highest BCUT2D eigenvalue weighted by Crippen LogP contribution is 2.28. The molecule has 0 spiro atoms. The second kappa shape index (κ2) is 4.08. The maximum Gasteiger partial charge on any atom is 0.330 e. The second-order valence-electron chi connectivity index (χ2n) is 3.35. The molecule has 0 radical (unpaired) electrons. The van der Waals surface area contributed by atoms with Crippen molar-refractivity contribution in [1.82, 2.24) is 0 Å². The van der Waals surface area contributed by atoms with E-state index < -0.39 is 0 Å². The Morgan fingerprint density at radius 2 is 2.31 bits per heavy atom. The number of allylic oxidation sites excluding steroid dienone is 5. The first-order chi connectivity index (χ1) is 6.16. The molecule has 0 saturated carbocycles. The standard InChI is InChI=1S/C11H14O2/c1-11(7-4-3-5-8-11)9-6-10(12)13-2/h3-7,9H,8H2,1-2H3/b9-6-/t11-/m1/s1. The smallest absolute Gasteiger partial charge is 0.330 e. The largest absolute Gasteiger partial charge is 0.466 e. The van der Waals surface area contributed by atoms with E-state index in [9.17, 15) is 4.79 Å². The number of hydrogen-bond acceptors (Lipinski definition) is 2. The van der Waals surface area contributed by atoms with Gasteiger partial charge in [0.1, 0.15) is 0 Å². The third-order valence-electron chi connectivity index (χ3n) is 2.08. The van der Waals surface area contributed by atoms with Crippen LogP contribution in [0.2, 0.25) is 0 Å². The van der Waals surface area contributed by atoms with Gasteiger partial charge in [0.05, 0.1) is 7.11 Å². The van der Waals surface area contributed by atoms with E-state index in [2.05, 4.69) is 23.8 Å². The molecule has 0 saturated heterocycles. The summed E-state index contributed by atoms with van der Waals surface area (Å²) < 4.78 is 4.52. The van der Waals surface area contributed by atoms with Crippen LogP contribution in [0.5, 0.6) is 0 Å². The summed E-state index contributed by atoms with van der Waals surface area (Å²) in [6, 6.07) is 0. The molecule has 0 unspecified atom stereocenters. The Kier molecular flexibility index (Phi) is 3.07. The van der Waals surface area contributed by atoms with E-state index in [0.29, 0.717) is 0 Å². The zero-order chi connectivity index (χ0) is 9.73. The Morgan fingerprint density at radius 3 is 2.85 bits per heavy atom. The van der Waals surface area contributed by atoms with Crippen molar-refractivity contribution >= 4 is 5.97 Å². The SMILES string of the molecule is COC(=O)/C=C\[C@]1(C)C=CC=CC1. The molecule has 1 rings (SSSR count). The number of carbonyl (C=O) groups excluding carboxylic acids is 1. The molecule has 1 atom stereocenters. The molecule has 2 heteroatoms. The molecule has 13 heavy (non-hydrogen) atoms. The van der Waals surface area contributed by atoms with Crippen LogP contribution in [0.3, 0.4) is 0 Å². The zero-order valence-corrected chi connectivity index (χ0v) is 7.99. The lowest BCUT2D eigenvalue weighted by Crippen LogP contribution is -2.10. The second-order valence-corrected chi connectivity index (χ2v) is 3.35. The van der Waals surface area contributed by atoms with Crippen LogP contribution < -0.4 is 0 Å². The summed E-state index contributed by atoms with van der Waals surface area (Å²) >= 11 is 0. The van der Waals surface area contributed by atoms with Gasteiger partial charge in [-0.05, 0) is 6.42 Å². The lowest BCUT2D eigenvalue weighted by molar-refractivity contribution is -0.134. The van der Waals surface area contributed by atoms with Crippen LogP contribution in [0.15, 0.2) is 36.5 Å². The normalized spacial score (nSPS) is 26.6. The molecule has 0 heterocycles. The summed E-state index contributed by atoms with van der Waals surface area (Å²) in [5.74, 6) is -0.302. The minimum Gasteiger partial charge on any atom is -0.466 e. The van der Waals surface area contributed by atoms with Crippen molar-refractivity contribution in [2.24, 2.45) is 5.41 Å². The van der Waals surface area contributed by atoms with Crippen molar-refractivity contribution in [1.29, 1.82) is 0 Å². The van der Waals surface area contributed by atoms with Crippen LogP contribution in [0.1, 0.15) is 13.3 Å².